The summed E-state index contributed by atoms with van der Waals surface area (Å²) in [7, 11) is -2.44. The predicted octanol–water partition coefficient (Wildman–Crippen LogP) is 0.640. The zero-order chi connectivity index (χ0) is 15.6. The molecule has 3 N–H and O–H groups in total. The maximum atomic E-state index is 12.3. The molecule has 1 aromatic carbocycles. The number of nitriles is 1. The summed E-state index contributed by atoms with van der Waals surface area (Å²) in [4.78, 5) is 11.1. The van der Waals surface area contributed by atoms with Crippen LogP contribution in [0.2, 0.25) is 0 Å². The molecule has 108 valence electrons. The first-order valence-electron chi connectivity index (χ1n) is 5.82. The van der Waals surface area contributed by atoms with Crippen LogP contribution in [0.1, 0.15) is 5.56 Å². The number of nitrogens with one attached hydrogen (secondary N) is 1. The Hall–Kier alpha value is -2.79. The number of hydrogen-bond acceptors (Lipinski definition) is 5. The van der Waals surface area contributed by atoms with Crippen molar-refractivity contribution in [2.24, 2.45) is 7.05 Å². The second-order valence-electron chi connectivity index (χ2n) is 4.34. The summed E-state index contributed by atoms with van der Waals surface area (Å²) in [5.74, 6) is 0. The van der Waals surface area contributed by atoms with Crippen LogP contribution in [0.5, 0.6) is 0 Å². The third-order valence-corrected chi connectivity index (χ3v) is 4.19. The van der Waals surface area contributed by atoms with Crippen LogP contribution in [-0.4, -0.2) is 13.0 Å². The zero-order valence-electron chi connectivity index (χ0n) is 11.1. The summed E-state index contributed by atoms with van der Waals surface area (Å²) in [6.07, 6.45) is 1.35. The summed E-state index contributed by atoms with van der Waals surface area (Å²) >= 11 is 0. The number of pyridine rings is 1. The second kappa shape index (κ2) is 5.30. The fourth-order valence-electron chi connectivity index (χ4n) is 1.73. The van der Waals surface area contributed by atoms with Crippen LogP contribution in [0, 0.1) is 11.3 Å². The van der Waals surface area contributed by atoms with Gasteiger partial charge in [0.25, 0.3) is 10.0 Å². The fourth-order valence-corrected chi connectivity index (χ4v) is 2.92. The Morgan fingerprint density at radius 2 is 2.00 bits per heavy atom. The van der Waals surface area contributed by atoms with E-state index in [2.05, 4.69) is 4.72 Å². The summed E-state index contributed by atoms with van der Waals surface area (Å²) in [5.41, 5.74) is 5.74. The molecule has 2 aromatic rings. The molecule has 0 aliphatic carbocycles. The normalized spacial score (nSPS) is 10.9. The number of aromatic nitrogens is 1. The highest BCUT2D eigenvalue weighted by Gasteiger charge is 2.19. The molecular formula is C13H12N4O3S. The van der Waals surface area contributed by atoms with E-state index in [4.69, 9.17) is 11.0 Å². The topological polar surface area (TPSA) is 118 Å². The van der Waals surface area contributed by atoms with Crippen molar-refractivity contribution in [3.05, 3.63) is 52.4 Å². The van der Waals surface area contributed by atoms with Crippen molar-refractivity contribution in [1.29, 1.82) is 5.26 Å². The number of nitrogen functional groups attached to an aromatic ring is 1. The molecule has 0 fully saturated rings. The highest BCUT2D eigenvalue weighted by molar-refractivity contribution is 7.92. The average molecular weight is 304 g/mol. The molecule has 21 heavy (non-hydrogen) atoms. The smallest absolute Gasteiger partial charge is 0.263 e. The first-order chi connectivity index (χ1) is 9.83. The summed E-state index contributed by atoms with van der Waals surface area (Å²) < 4.78 is 28.2. The van der Waals surface area contributed by atoms with Crippen LogP contribution in [-0.2, 0) is 17.1 Å². The van der Waals surface area contributed by atoms with Gasteiger partial charge in [-0.2, -0.15) is 5.26 Å². The van der Waals surface area contributed by atoms with Crippen LogP contribution in [0.25, 0.3) is 0 Å². The van der Waals surface area contributed by atoms with Crippen molar-refractivity contribution >= 4 is 21.4 Å². The van der Waals surface area contributed by atoms with Gasteiger partial charge in [-0.3, -0.25) is 9.52 Å². The van der Waals surface area contributed by atoms with E-state index >= 15 is 0 Å². The molecule has 0 amide bonds. The lowest BCUT2D eigenvalue weighted by molar-refractivity contribution is 0.601. The van der Waals surface area contributed by atoms with Gasteiger partial charge in [0.2, 0.25) is 5.56 Å². The van der Waals surface area contributed by atoms with Gasteiger partial charge in [-0.15, -0.1) is 0 Å². The summed E-state index contributed by atoms with van der Waals surface area (Å²) in [6.45, 7) is 0. The molecule has 2 rings (SSSR count). The van der Waals surface area contributed by atoms with Gasteiger partial charge in [-0.05, 0) is 24.3 Å². The average Bonchev–Trinajstić information content (AvgIpc) is 2.42. The van der Waals surface area contributed by atoms with Crippen molar-refractivity contribution in [3.63, 3.8) is 0 Å². The number of nitrogens with two attached hydrogens (primary N) is 1. The Bertz CT molecular complexity index is 894. The highest BCUT2D eigenvalue weighted by Crippen LogP contribution is 2.20. The van der Waals surface area contributed by atoms with Gasteiger partial charge in [-0.25, -0.2) is 8.42 Å². The molecule has 0 radical (unpaired) electrons. The van der Waals surface area contributed by atoms with E-state index in [-0.39, 0.29) is 21.7 Å². The third kappa shape index (κ3) is 3.04. The molecule has 8 heteroatoms. The molecule has 0 unspecified atom stereocenters. The summed E-state index contributed by atoms with van der Waals surface area (Å²) in [5, 5.41) is 9.01. The van der Waals surface area contributed by atoms with E-state index in [1.165, 1.54) is 48.1 Å². The molecule has 7 nitrogen and oxygen atoms in total. The minimum atomic E-state index is -3.95. The Labute approximate surface area is 121 Å². The molecule has 1 aromatic heterocycles. The second-order valence-corrected chi connectivity index (χ2v) is 5.99. The molecular weight excluding hydrogens is 292 g/mol. The Kier molecular flexibility index (Phi) is 3.69. The Balaban J connectivity index is 2.46. The Morgan fingerprint density at radius 3 is 2.62 bits per heavy atom. The van der Waals surface area contributed by atoms with Gasteiger partial charge in [0.1, 0.15) is 11.0 Å². The molecule has 0 bridgehead atoms. The first kappa shape index (κ1) is 14.6. The van der Waals surface area contributed by atoms with Gasteiger partial charge in [0.15, 0.2) is 0 Å². The lowest BCUT2D eigenvalue weighted by Gasteiger charge is -2.10. The number of nitrogens with zero attached hydrogens (tertiary/aromatic N) is 2. The number of benzene rings is 1. The molecule has 0 spiro atoms. The maximum Gasteiger partial charge on any atom is 0.263 e. The van der Waals surface area contributed by atoms with E-state index in [0.717, 1.165) is 0 Å². The lowest BCUT2D eigenvalue weighted by atomic mass is 10.2. The van der Waals surface area contributed by atoms with E-state index in [0.29, 0.717) is 5.69 Å². The van der Waals surface area contributed by atoms with Crippen molar-refractivity contribution in [3.8, 4) is 6.07 Å². The monoisotopic (exact) mass is 304 g/mol. The van der Waals surface area contributed by atoms with Gasteiger partial charge in [0, 0.05) is 25.0 Å². The number of hydrogen-bond donors (Lipinski definition) is 2. The molecule has 0 aliphatic heterocycles. The standard InChI is InChI=1S/C13H12N4O3S/c1-17-8-11(3-5-13(17)18)16-21(19,20)12-4-2-10(15)6-9(12)7-14/h2-6,8,16H,15H2,1H3. The van der Waals surface area contributed by atoms with Crippen molar-refractivity contribution in [1.82, 2.24) is 4.57 Å². The van der Waals surface area contributed by atoms with Gasteiger partial charge in [-0.1, -0.05) is 0 Å². The van der Waals surface area contributed by atoms with Gasteiger partial charge >= 0.3 is 0 Å². The van der Waals surface area contributed by atoms with E-state index in [9.17, 15) is 13.2 Å². The fraction of sp³-hybridized carbons (Fsp3) is 0.0769. The van der Waals surface area contributed by atoms with Gasteiger partial charge < -0.3 is 10.3 Å². The lowest BCUT2D eigenvalue weighted by Crippen LogP contribution is -2.19. The van der Waals surface area contributed by atoms with Crippen molar-refractivity contribution in [2.75, 3.05) is 10.5 Å². The molecule has 1 heterocycles. The molecule has 0 saturated carbocycles. The quantitative estimate of drug-likeness (QED) is 0.807. The number of sulfonamides is 1. The molecule has 0 saturated heterocycles. The van der Waals surface area contributed by atoms with E-state index in [1.807, 2.05) is 0 Å². The molecule has 0 aliphatic rings. The van der Waals surface area contributed by atoms with Crippen molar-refractivity contribution < 1.29 is 8.42 Å². The summed E-state index contributed by atoms with van der Waals surface area (Å²) in [6, 6.07) is 8.33. The SMILES string of the molecule is Cn1cc(NS(=O)(=O)c2ccc(N)cc2C#N)ccc1=O. The van der Waals surface area contributed by atoms with Crippen LogP contribution in [0.15, 0.2) is 46.2 Å². The third-order valence-electron chi connectivity index (χ3n) is 2.75. The van der Waals surface area contributed by atoms with E-state index < -0.39 is 10.0 Å². The van der Waals surface area contributed by atoms with Crippen LogP contribution >= 0.6 is 0 Å². The van der Waals surface area contributed by atoms with Crippen molar-refractivity contribution in [2.45, 2.75) is 4.90 Å². The number of rotatable bonds is 3. The van der Waals surface area contributed by atoms with Crippen LogP contribution in [0.4, 0.5) is 11.4 Å². The highest BCUT2D eigenvalue weighted by atomic mass is 32.2. The molecule has 0 atom stereocenters. The minimum absolute atomic E-state index is 0.0488. The zero-order valence-corrected chi connectivity index (χ0v) is 11.9. The predicted molar refractivity (Wildman–Crippen MR) is 78.1 cm³/mol. The van der Waals surface area contributed by atoms with Crippen LogP contribution in [0.3, 0.4) is 0 Å². The Morgan fingerprint density at radius 1 is 1.29 bits per heavy atom. The minimum Gasteiger partial charge on any atom is -0.399 e. The first-order valence-corrected chi connectivity index (χ1v) is 7.31. The van der Waals surface area contributed by atoms with E-state index in [1.54, 1.807) is 6.07 Å². The number of aryl methyl sites for hydroxylation is 1. The van der Waals surface area contributed by atoms with Crippen LogP contribution < -0.4 is 16.0 Å². The maximum absolute atomic E-state index is 12.3. The number of anilines is 2. The van der Waals surface area contributed by atoms with Gasteiger partial charge in [0.05, 0.1) is 11.3 Å². The largest absolute Gasteiger partial charge is 0.399 e.